The quantitative estimate of drug-likeness (QED) is 0.740. The molecule has 1 aromatic carbocycles. The lowest BCUT2D eigenvalue weighted by Crippen LogP contribution is -2.55. The van der Waals surface area contributed by atoms with Gasteiger partial charge in [0.05, 0.1) is 19.8 Å². The Morgan fingerprint density at radius 3 is 2.54 bits per heavy atom. The lowest BCUT2D eigenvalue weighted by atomic mass is 9.73. The molecule has 1 atom stereocenters. The Bertz CT molecular complexity index is 778. The Morgan fingerprint density at radius 2 is 1.86 bits per heavy atom. The standard InChI is InChI=1S/C21H28N2O5/c1-4-22-13-21(8-6-18(22)24)7-5-9-23(14-21)19(25)15-10-16(20(26)28-3)12-17(11-15)27-2/h10-12H,4-9,13-14H2,1-3H3/t21-/m1/s1. The third-order valence-corrected chi connectivity index (χ3v) is 5.89. The summed E-state index contributed by atoms with van der Waals surface area (Å²) in [6, 6.07) is 4.77. The zero-order chi connectivity index (χ0) is 20.3. The first-order valence-corrected chi connectivity index (χ1v) is 9.76. The van der Waals surface area contributed by atoms with Crippen molar-refractivity contribution < 1.29 is 23.9 Å². The number of piperidine rings is 2. The molecule has 0 aromatic heterocycles. The SMILES string of the molecule is CCN1C[C@@]2(CCCN(C(=O)c3cc(OC)cc(C(=O)OC)c3)C2)CCC1=O. The van der Waals surface area contributed by atoms with Crippen LogP contribution in [0.3, 0.4) is 0 Å². The number of hydrogen-bond acceptors (Lipinski definition) is 5. The van der Waals surface area contributed by atoms with Crippen LogP contribution in [0.1, 0.15) is 53.3 Å². The predicted molar refractivity (Wildman–Crippen MR) is 103 cm³/mol. The highest BCUT2D eigenvalue weighted by Crippen LogP contribution is 2.39. The average Bonchev–Trinajstić information content (AvgIpc) is 2.74. The minimum atomic E-state index is -0.507. The number of carbonyl (C=O) groups excluding carboxylic acids is 3. The monoisotopic (exact) mass is 388 g/mol. The summed E-state index contributed by atoms with van der Waals surface area (Å²) in [5, 5.41) is 0. The number of likely N-dealkylation sites (tertiary alicyclic amines) is 2. The summed E-state index contributed by atoms with van der Waals surface area (Å²) in [5.74, 6) is 0.0148. The van der Waals surface area contributed by atoms with Crippen LogP contribution in [-0.4, -0.2) is 68.0 Å². The molecule has 0 N–H and O–H groups in total. The third-order valence-electron chi connectivity index (χ3n) is 5.89. The maximum Gasteiger partial charge on any atom is 0.338 e. The van der Waals surface area contributed by atoms with Gasteiger partial charge in [0.15, 0.2) is 0 Å². The normalized spacial score (nSPS) is 22.3. The maximum absolute atomic E-state index is 13.2. The molecule has 1 aromatic rings. The molecule has 7 heteroatoms. The highest BCUT2D eigenvalue weighted by molar-refractivity contribution is 5.98. The van der Waals surface area contributed by atoms with Crippen LogP contribution in [0, 0.1) is 5.41 Å². The van der Waals surface area contributed by atoms with Crippen molar-refractivity contribution in [2.24, 2.45) is 5.41 Å². The van der Waals surface area contributed by atoms with Crippen LogP contribution >= 0.6 is 0 Å². The zero-order valence-corrected chi connectivity index (χ0v) is 16.8. The summed E-state index contributed by atoms with van der Waals surface area (Å²) < 4.78 is 10.0. The molecule has 3 rings (SSSR count). The maximum atomic E-state index is 13.2. The van der Waals surface area contributed by atoms with Crippen LogP contribution in [0.2, 0.25) is 0 Å². The summed E-state index contributed by atoms with van der Waals surface area (Å²) in [6.45, 7) is 4.70. The van der Waals surface area contributed by atoms with Crippen molar-refractivity contribution in [3.8, 4) is 5.75 Å². The fraction of sp³-hybridized carbons (Fsp3) is 0.571. The van der Waals surface area contributed by atoms with Crippen molar-refractivity contribution >= 4 is 17.8 Å². The van der Waals surface area contributed by atoms with Crippen molar-refractivity contribution in [2.45, 2.75) is 32.6 Å². The number of nitrogens with zero attached hydrogens (tertiary/aromatic N) is 2. The lowest BCUT2D eigenvalue weighted by molar-refractivity contribution is -0.138. The van der Waals surface area contributed by atoms with Crippen molar-refractivity contribution in [2.75, 3.05) is 40.4 Å². The number of methoxy groups -OCH3 is 2. The van der Waals surface area contributed by atoms with Crippen LogP contribution in [0.5, 0.6) is 5.75 Å². The number of rotatable bonds is 4. The Labute approximate surface area is 165 Å². The van der Waals surface area contributed by atoms with E-state index in [9.17, 15) is 14.4 Å². The summed E-state index contributed by atoms with van der Waals surface area (Å²) in [7, 11) is 2.81. The Morgan fingerprint density at radius 1 is 1.11 bits per heavy atom. The molecule has 0 radical (unpaired) electrons. The molecule has 152 valence electrons. The summed E-state index contributed by atoms with van der Waals surface area (Å²) in [4.78, 5) is 41.0. The van der Waals surface area contributed by atoms with E-state index in [1.54, 1.807) is 18.2 Å². The van der Waals surface area contributed by atoms with Gasteiger partial charge in [0.25, 0.3) is 5.91 Å². The highest BCUT2D eigenvalue weighted by atomic mass is 16.5. The Hall–Kier alpha value is -2.57. The van der Waals surface area contributed by atoms with Crippen LogP contribution in [0.4, 0.5) is 0 Å². The van der Waals surface area contributed by atoms with Crippen LogP contribution in [-0.2, 0) is 9.53 Å². The fourth-order valence-corrected chi connectivity index (χ4v) is 4.36. The van der Waals surface area contributed by atoms with E-state index in [2.05, 4.69) is 0 Å². The topological polar surface area (TPSA) is 76.2 Å². The summed E-state index contributed by atoms with van der Waals surface area (Å²) >= 11 is 0. The van der Waals surface area contributed by atoms with Gasteiger partial charge in [0.1, 0.15) is 5.75 Å². The molecule has 2 saturated heterocycles. The first-order chi connectivity index (χ1) is 13.4. The molecule has 2 amide bonds. The molecule has 2 aliphatic rings. The Balaban J connectivity index is 1.82. The molecule has 28 heavy (non-hydrogen) atoms. The lowest BCUT2D eigenvalue weighted by Gasteiger charge is -2.48. The van der Waals surface area contributed by atoms with E-state index in [1.807, 2.05) is 16.7 Å². The van der Waals surface area contributed by atoms with Gasteiger partial charge in [-0.05, 0) is 44.4 Å². The highest BCUT2D eigenvalue weighted by Gasteiger charge is 2.42. The summed E-state index contributed by atoms with van der Waals surface area (Å²) in [6.07, 6.45) is 3.29. The van der Waals surface area contributed by atoms with Gasteiger partial charge in [0.2, 0.25) is 5.91 Å². The first-order valence-electron chi connectivity index (χ1n) is 9.76. The van der Waals surface area contributed by atoms with Crippen LogP contribution < -0.4 is 4.74 Å². The van der Waals surface area contributed by atoms with Gasteiger partial charge >= 0.3 is 5.97 Å². The molecule has 2 fully saturated rings. The molecule has 2 heterocycles. The van der Waals surface area contributed by atoms with E-state index in [0.29, 0.717) is 43.9 Å². The number of hydrogen-bond donors (Lipinski definition) is 0. The molecule has 1 spiro atoms. The molecule has 7 nitrogen and oxygen atoms in total. The van der Waals surface area contributed by atoms with E-state index < -0.39 is 5.97 Å². The van der Waals surface area contributed by atoms with Gasteiger partial charge in [0, 0.05) is 43.6 Å². The molecular formula is C21H28N2O5. The number of esters is 1. The molecule has 0 unspecified atom stereocenters. The van der Waals surface area contributed by atoms with E-state index in [0.717, 1.165) is 19.3 Å². The van der Waals surface area contributed by atoms with Gasteiger partial charge in [-0.3, -0.25) is 9.59 Å². The molecule has 0 bridgehead atoms. The fourth-order valence-electron chi connectivity index (χ4n) is 4.36. The number of benzene rings is 1. The minimum absolute atomic E-state index is 0.0398. The number of carbonyl (C=O) groups is 3. The van der Waals surface area contributed by atoms with Gasteiger partial charge in [-0.15, -0.1) is 0 Å². The number of amides is 2. The molecular weight excluding hydrogens is 360 g/mol. The predicted octanol–water partition coefficient (Wildman–Crippen LogP) is 2.35. The van der Waals surface area contributed by atoms with Crippen molar-refractivity contribution in [1.29, 1.82) is 0 Å². The third kappa shape index (κ3) is 3.98. The second-order valence-corrected chi connectivity index (χ2v) is 7.68. The molecule has 0 saturated carbocycles. The smallest absolute Gasteiger partial charge is 0.338 e. The largest absolute Gasteiger partial charge is 0.497 e. The van der Waals surface area contributed by atoms with Gasteiger partial charge in [-0.1, -0.05) is 0 Å². The average molecular weight is 388 g/mol. The van der Waals surface area contributed by atoms with E-state index in [1.165, 1.54) is 14.2 Å². The van der Waals surface area contributed by atoms with Crippen molar-refractivity contribution in [1.82, 2.24) is 9.80 Å². The van der Waals surface area contributed by atoms with E-state index in [-0.39, 0.29) is 22.8 Å². The summed E-state index contributed by atoms with van der Waals surface area (Å²) in [5.41, 5.74) is 0.662. The van der Waals surface area contributed by atoms with Crippen molar-refractivity contribution in [3.05, 3.63) is 29.3 Å². The van der Waals surface area contributed by atoms with Crippen LogP contribution in [0.25, 0.3) is 0 Å². The second-order valence-electron chi connectivity index (χ2n) is 7.68. The molecule has 0 aliphatic carbocycles. The second kappa shape index (κ2) is 8.20. The van der Waals surface area contributed by atoms with E-state index in [4.69, 9.17) is 9.47 Å². The minimum Gasteiger partial charge on any atom is -0.497 e. The van der Waals surface area contributed by atoms with Gasteiger partial charge < -0.3 is 19.3 Å². The van der Waals surface area contributed by atoms with E-state index >= 15 is 0 Å². The zero-order valence-electron chi connectivity index (χ0n) is 16.8. The van der Waals surface area contributed by atoms with Crippen molar-refractivity contribution in [3.63, 3.8) is 0 Å². The Kier molecular flexibility index (Phi) is 5.91. The van der Waals surface area contributed by atoms with Gasteiger partial charge in [-0.2, -0.15) is 0 Å². The number of ether oxygens (including phenoxy) is 2. The van der Waals surface area contributed by atoms with Gasteiger partial charge in [-0.25, -0.2) is 4.79 Å². The first kappa shape index (κ1) is 20.2. The molecule has 2 aliphatic heterocycles. The van der Waals surface area contributed by atoms with Crippen LogP contribution in [0.15, 0.2) is 18.2 Å².